The average molecular weight is 226 g/mol. The second-order valence-corrected chi connectivity index (χ2v) is 5.51. The van der Waals surface area contributed by atoms with Crippen molar-refractivity contribution in [2.24, 2.45) is 23.5 Å². The lowest BCUT2D eigenvalue weighted by atomic mass is 9.75. The molecule has 3 heteroatoms. The Balaban J connectivity index is 2.41. The molecule has 1 fully saturated rings. The summed E-state index contributed by atoms with van der Waals surface area (Å²) in [7, 11) is 0. The molecule has 0 heterocycles. The molecule has 0 saturated heterocycles. The fraction of sp³-hybridized carbons (Fsp3) is 0.923. The van der Waals surface area contributed by atoms with Gasteiger partial charge in [-0.25, -0.2) is 0 Å². The van der Waals surface area contributed by atoms with Gasteiger partial charge in [-0.1, -0.05) is 27.2 Å². The summed E-state index contributed by atoms with van der Waals surface area (Å²) in [4.78, 5) is 0. The van der Waals surface area contributed by atoms with Crippen molar-refractivity contribution in [3.63, 3.8) is 0 Å². The molecule has 3 nitrogen and oxygen atoms in total. The Labute approximate surface area is 99.3 Å². The smallest absolute Gasteiger partial charge is 0.0928 e. The molecule has 3 N–H and O–H groups in total. The number of hydrogen-bond donors (Lipinski definition) is 2. The van der Waals surface area contributed by atoms with Crippen molar-refractivity contribution in [1.29, 1.82) is 5.41 Å². The van der Waals surface area contributed by atoms with Gasteiger partial charge in [0.15, 0.2) is 0 Å². The second kappa shape index (κ2) is 6.24. The zero-order chi connectivity index (χ0) is 12.1. The van der Waals surface area contributed by atoms with Crippen molar-refractivity contribution in [2.45, 2.75) is 52.6 Å². The maximum Gasteiger partial charge on any atom is 0.0928 e. The Morgan fingerprint density at radius 1 is 1.44 bits per heavy atom. The number of hydrogen-bond acceptors (Lipinski definition) is 2. The summed E-state index contributed by atoms with van der Waals surface area (Å²) >= 11 is 0. The monoisotopic (exact) mass is 226 g/mol. The molecule has 1 rings (SSSR count). The fourth-order valence-electron chi connectivity index (χ4n) is 2.63. The van der Waals surface area contributed by atoms with Gasteiger partial charge in [-0.3, -0.25) is 5.41 Å². The predicted octanol–water partition coefficient (Wildman–Crippen LogP) is 2.79. The van der Waals surface area contributed by atoms with Crippen LogP contribution in [0.1, 0.15) is 46.5 Å². The molecular weight excluding hydrogens is 200 g/mol. The molecule has 0 radical (unpaired) electrons. The molecule has 0 aromatic rings. The first-order valence-corrected chi connectivity index (χ1v) is 6.45. The standard InChI is InChI=1S/C13H26N2O/c1-9(2)11-5-4-10(3)8-12(11)16-7-6-13(14)15/h9-12H,4-8H2,1-3H3,(H3,14,15). The average Bonchev–Trinajstić information content (AvgIpc) is 2.16. The summed E-state index contributed by atoms with van der Waals surface area (Å²) in [5, 5.41) is 7.18. The maximum absolute atomic E-state index is 7.18. The molecule has 3 unspecified atom stereocenters. The van der Waals surface area contributed by atoms with Crippen LogP contribution in [0.25, 0.3) is 0 Å². The van der Waals surface area contributed by atoms with Crippen LogP contribution < -0.4 is 5.73 Å². The van der Waals surface area contributed by atoms with Crippen LogP contribution in [0.4, 0.5) is 0 Å². The summed E-state index contributed by atoms with van der Waals surface area (Å²) in [5.74, 6) is 2.38. The van der Waals surface area contributed by atoms with Crippen LogP contribution in [0, 0.1) is 23.2 Å². The molecule has 1 aliphatic rings. The van der Waals surface area contributed by atoms with Crippen LogP contribution in [0.3, 0.4) is 0 Å². The zero-order valence-electron chi connectivity index (χ0n) is 10.8. The van der Waals surface area contributed by atoms with E-state index in [0.717, 1.165) is 5.92 Å². The van der Waals surface area contributed by atoms with Gasteiger partial charge in [0.2, 0.25) is 0 Å². The van der Waals surface area contributed by atoms with Crippen molar-refractivity contribution in [2.75, 3.05) is 6.61 Å². The lowest BCUT2D eigenvalue weighted by molar-refractivity contribution is -0.0355. The van der Waals surface area contributed by atoms with Gasteiger partial charge in [-0.15, -0.1) is 0 Å². The molecule has 16 heavy (non-hydrogen) atoms. The van der Waals surface area contributed by atoms with Gasteiger partial charge in [0.1, 0.15) is 0 Å². The van der Waals surface area contributed by atoms with Crippen LogP contribution in [0.15, 0.2) is 0 Å². The second-order valence-electron chi connectivity index (χ2n) is 5.51. The lowest BCUT2D eigenvalue weighted by Gasteiger charge is -2.37. The van der Waals surface area contributed by atoms with E-state index in [9.17, 15) is 0 Å². The normalized spacial score (nSPS) is 30.6. The van der Waals surface area contributed by atoms with Crippen LogP contribution in [-0.2, 0) is 4.74 Å². The molecule has 0 aliphatic heterocycles. The summed E-state index contributed by atoms with van der Waals surface area (Å²) in [5.41, 5.74) is 5.33. The molecule has 1 aliphatic carbocycles. The first-order chi connectivity index (χ1) is 7.50. The van der Waals surface area contributed by atoms with Crippen LogP contribution in [-0.4, -0.2) is 18.5 Å². The van der Waals surface area contributed by atoms with Crippen LogP contribution in [0.5, 0.6) is 0 Å². The van der Waals surface area contributed by atoms with E-state index in [-0.39, 0.29) is 5.84 Å². The SMILES string of the molecule is CC1CCC(C(C)C)C(OCCC(=N)N)C1. The first-order valence-electron chi connectivity index (χ1n) is 6.45. The van der Waals surface area contributed by atoms with E-state index in [1.54, 1.807) is 0 Å². The first kappa shape index (κ1) is 13.5. The molecule has 0 spiro atoms. The van der Waals surface area contributed by atoms with E-state index in [2.05, 4.69) is 20.8 Å². The third-order valence-electron chi connectivity index (χ3n) is 3.66. The number of ether oxygens (including phenoxy) is 1. The van der Waals surface area contributed by atoms with Crippen LogP contribution >= 0.6 is 0 Å². The van der Waals surface area contributed by atoms with E-state index in [0.29, 0.717) is 31.0 Å². The van der Waals surface area contributed by atoms with E-state index < -0.39 is 0 Å². The van der Waals surface area contributed by atoms with Crippen molar-refractivity contribution in [3.8, 4) is 0 Å². The predicted molar refractivity (Wildman–Crippen MR) is 67.6 cm³/mol. The minimum Gasteiger partial charge on any atom is -0.388 e. The fourth-order valence-corrected chi connectivity index (χ4v) is 2.63. The Morgan fingerprint density at radius 3 is 2.69 bits per heavy atom. The van der Waals surface area contributed by atoms with E-state index in [1.165, 1.54) is 19.3 Å². The van der Waals surface area contributed by atoms with Crippen molar-refractivity contribution < 1.29 is 4.74 Å². The molecule has 0 aromatic carbocycles. The number of nitrogens with one attached hydrogen (secondary N) is 1. The molecule has 1 saturated carbocycles. The van der Waals surface area contributed by atoms with E-state index in [4.69, 9.17) is 15.9 Å². The van der Waals surface area contributed by atoms with Gasteiger partial charge in [-0.2, -0.15) is 0 Å². The van der Waals surface area contributed by atoms with Gasteiger partial charge in [0, 0.05) is 6.42 Å². The van der Waals surface area contributed by atoms with Crippen molar-refractivity contribution in [3.05, 3.63) is 0 Å². The number of rotatable bonds is 5. The van der Waals surface area contributed by atoms with E-state index in [1.807, 2.05) is 0 Å². The molecule has 0 bridgehead atoms. The maximum atomic E-state index is 7.18. The Hall–Kier alpha value is -0.570. The topological polar surface area (TPSA) is 59.1 Å². The summed E-state index contributed by atoms with van der Waals surface area (Å²) < 4.78 is 5.92. The quantitative estimate of drug-likeness (QED) is 0.559. The Morgan fingerprint density at radius 2 is 2.12 bits per heavy atom. The Bertz CT molecular complexity index is 228. The molecule has 0 aromatic heterocycles. The third kappa shape index (κ3) is 4.12. The van der Waals surface area contributed by atoms with E-state index >= 15 is 0 Å². The van der Waals surface area contributed by atoms with Gasteiger partial charge in [0.25, 0.3) is 0 Å². The largest absolute Gasteiger partial charge is 0.388 e. The number of amidine groups is 1. The third-order valence-corrected chi connectivity index (χ3v) is 3.66. The van der Waals surface area contributed by atoms with Crippen molar-refractivity contribution >= 4 is 5.84 Å². The molecule has 3 atom stereocenters. The summed E-state index contributed by atoms with van der Waals surface area (Å²) in [6.45, 7) is 7.47. The van der Waals surface area contributed by atoms with Gasteiger partial charge >= 0.3 is 0 Å². The highest BCUT2D eigenvalue weighted by molar-refractivity contribution is 5.76. The van der Waals surface area contributed by atoms with Gasteiger partial charge in [-0.05, 0) is 30.6 Å². The summed E-state index contributed by atoms with van der Waals surface area (Å²) in [6, 6.07) is 0. The highest BCUT2D eigenvalue weighted by atomic mass is 16.5. The molecule has 0 amide bonds. The van der Waals surface area contributed by atoms with Crippen molar-refractivity contribution in [1.82, 2.24) is 0 Å². The molecule has 94 valence electrons. The number of nitrogens with two attached hydrogens (primary N) is 1. The van der Waals surface area contributed by atoms with Crippen LogP contribution in [0.2, 0.25) is 0 Å². The zero-order valence-corrected chi connectivity index (χ0v) is 10.8. The Kier molecular flexibility index (Phi) is 5.26. The van der Waals surface area contributed by atoms with Gasteiger partial charge < -0.3 is 10.5 Å². The molecular formula is C13H26N2O. The highest BCUT2D eigenvalue weighted by Gasteiger charge is 2.31. The lowest BCUT2D eigenvalue weighted by Crippen LogP contribution is -2.35. The minimum absolute atomic E-state index is 0.227. The highest BCUT2D eigenvalue weighted by Crippen LogP contribution is 2.35. The summed E-state index contributed by atoms with van der Waals surface area (Å²) in [6.07, 6.45) is 4.72. The minimum atomic E-state index is 0.227. The van der Waals surface area contributed by atoms with Gasteiger partial charge in [0.05, 0.1) is 18.5 Å².